The zero-order chi connectivity index (χ0) is 9.19. The van der Waals surface area contributed by atoms with Crippen LogP contribution in [-0.2, 0) is 28.1 Å². The monoisotopic (exact) mass is 272 g/mol. The van der Waals surface area contributed by atoms with Crippen molar-refractivity contribution in [1.82, 2.24) is 0 Å². The topological polar surface area (TPSA) is 46.5 Å². The van der Waals surface area contributed by atoms with Crippen molar-refractivity contribution in [2.75, 3.05) is 0 Å². The van der Waals surface area contributed by atoms with Gasteiger partial charge in [0, 0.05) is 0 Å². The minimum atomic E-state index is -3.44. The maximum absolute atomic E-state index is 11.1. The molecule has 3 nitrogen and oxygen atoms in total. The second-order valence-corrected chi connectivity index (χ2v) is 4.79. The molecule has 0 N–H and O–H groups in total. The molecule has 1 rings (SSSR count). The summed E-state index contributed by atoms with van der Waals surface area (Å²) in [6, 6.07) is 6.54. The SMILES string of the molecule is Cc1ccc(S(=O)(=O)[N]=[Rh])cc1. The van der Waals surface area contributed by atoms with Crippen LogP contribution in [0.3, 0.4) is 0 Å². The Labute approximate surface area is 81.4 Å². The fraction of sp³-hybridized carbons (Fsp3) is 0.143. The van der Waals surface area contributed by atoms with E-state index < -0.39 is 10.0 Å². The predicted molar refractivity (Wildman–Crippen MR) is 40.8 cm³/mol. The van der Waals surface area contributed by atoms with Crippen molar-refractivity contribution >= 4 is 10.0 Å². The molecule has 0 amide bonds. The zero-order valence-corrected chi connectivity index (χ0v) is 8.77. The molecule has 0 bridgehead atoms. The summed E-state index contributed by atoms with van der Waals surface area (Å²) in [4.78, 5) is 0.218. The van der Waals surface area contributed by atoms with Crippen LogP contribution in [0.15, 0.2) is 32.2 Å². The van der Waals surface area contributed by atoms with Crippen molar-refractivity contribution < 1.29 is 26.5 Å². The first-order valence-corrected chi connectivity index (χ1v) is 5.36. The standard InChI is InChI=1S/C7H7NO2S.Rh/c1-6-2-4-7(5-3-6)11(8,9)10;/h2-5H,1H3;. The second kappa shape index (κ2) is 3.54. The van der Waals surface area contributed by atoms with E-state index in [9.17, 15) is 8.42 Å². The number of benzene rings is 1. The number of sulfonamides is 1. The van der Waals surface area contributed by atoms with E-state index in [1.807, 2.05) is 25.0 Å². The third-order valence-electron chi connectivity index (χ3n) is 1.40. The zero-order valence-electron chi connectivity index (χ0n) is 6.31. The van der Waals surface area contributed by atoms with Crippen LogP contribution in [0.2, 0.25) is 0 Å². The summed E-state index contributed by atoms with van der Waals surface area (Å²) >= 11 is 2.03. The average Bonchev–Trinajstić information content (AvgIpc) is 2.05. The van der Waals surface area contributed by atoms with E-state index in [-0.39, 0.29) is 4.90 Å². The molecule has 0 saturated heterocycles. The number of rotatable bonds is 2. The second-order valence-electron chi connectivity index (χ2n) is 2.35. The number of aryl methyl sites for hydroxylation is 1. The number of hydrogen-bond acceptors (Lipinski definition) is 2. The van der Waals surface area contributed by atoms with Crippen LogP contribution in [0, 0.1) is 6.92 Å². The molecule has 0 atom stereocenters. The van der Waals surface area contributed by atoms with Crippen LogP contribution in [0.1, 0.15) is 5.56 Å². The molecule has 0 unspecified atom stereocenters. The first kappa shape index (κ1) is 9.68. The molecule has 5 heteroatoms. The van der Waals surface area contributed by atoms with Gasteiger partial charge >= 0.3 is 81.3 Å². The van der Waals surface area contributed by atoms with Crippen LogP contribution in [-0.4, -0.2) is 8.42 Å². The Kier molecular flexibility index (Phi) is 2.86. The predicted octanol–water partition coefficient (Wildman–Crippen LogP) is 1.41. The van der Waals surface area contributed by atoms with Crippen LogP contribution in [0.25, 0.3) is 0 Å². The molecule has 12 heavy (non-hydrogen) atoms. The van der Waals surface area contributed by atoms with Gasteiger partial charge in [-0.05, 0) is 0 Å². The molecule has 0 spiro atoms. The van der Waals surface area contributed by atoms with Gasteiger partial charge in [-0.25, -0.2) is 0 Å². The molecular weight excluding hydrogens is 265 g/mol. The average molecular weight is 272 g/mol. The Morgan fingerprint density at radius 1 is 1.25 bits per heavy atom. The van der Waals surface area contributed by atoms with Gasteiger partial charge in [0.2, 0.25) is 0 Å². The Morgan fingerprint density at radius 3 is 2.17 bits per heavy atom. The molecule has 0 aromatic heterocycles. The summed E-state index contributed by atoms with van der Waals surface area (Å²) in [7, 11) is -3.44. The van der Waals surface area contributed by atoms with Gasteiger partial charge in [-0.2, -0.15) is 0 Å². The van der Waals surface area contributed by atoms with E-state index in [2.05, 4.69) is 3.09 Å². The molecule has 1 aromatic rings. The van der Waals surface area contributed by atoms with Gasteiger partial charge < -0.3 is 0 Å². The Bertz CT molecular complexity index is 382. The number of nitrogens with zero attached hydrogens (tertiary/aromatic N) is 1. The molecule has 0 fully saturated rings. The van der Waals surface area contributed by atoms with Gasteiger partial charge in [-0.1, -0.05) is 0 Å². The first-order chi connectivity index (χ1) is 5.56. The van der Waals surface area contributed by atoms with E-state index in [0.717, 1.165) is 5.56 Å². The van der Waals surface area contributed by atoms with Crippen molar-refractivity contribution in [3.8, 4) is 0 Å². The Hall–Kier alpha value is -0.407. The number of hydrogen-bond donors (Lipinski definition) is 0. The van der Waals surface area contributed by atoms with Crippen molar-refractivity contribution in [3.63, 3.8) is 0 Å². The molecule has 0 radical (unpaired) electrons. The van der Waals surface area contributed by atoms with E-state index in [1.165, 1.54) is 12.1 Å². The first-order valence-electron chi connectivity index (χ1n) is 3.19. The third kappa shape index (κ3) is 2.05. The van der Waals surface area contributed by atoms with E-state index in [0.29, 0.717) is 0 Å². The Morgan fingerprint density at radius 2 is 1.75 bits per heavy atom. The summed E-state index contributed by atoms with van der Waals surface area (Å²) in [5.74, 6) is 0. The molecular formula is C7H7NO2RhS. The normalized spacial score (nSPS) is 11.2. The fourth-order valence-electron chi connectivity index (χ4n) is 0.745. The Balaban J connectivity index is 3.23. The van der Waals surface area contributed by atoms with Gasteiger partial charge in [-0.3, -0.25) is 0 Å². The molecule has 0 aliphatic carbocycles. The van der Waals surface area contributed by atoms with Crippen molar-refractivity contribution in [2.45, 2.75) is 11.8 Å². The summed E-state index contributed by atoms with van der Waals surface area (Å²) in [6.07, 6.45) is 0. The fourth-order valence-corrected chi connectivity index (χ4v) is 1.81. The summed E-state index contributed by atoms with van der Waals surface area (Å²) < 4.78 is 25.4. The third-order valence-corrected chi connectivity index (χ3v) is 3.61. The van der Waals surface area contributed by atoms with Gasteiger partial charge in [0.1, 0.15) is 0 Å². The van der Waals surface area contributed by atoms with Crippen LogP contribution in [0.5, 0.6) is 0 Å². The van der Waals surface area contributed by atoms with Crippen LogP contribution < -0.4 is 0 Å². The van der Waals surface area contributed by atoms with Crippen LogP contribution >= 0.6 is 0 Å². The molecule has 1 aromatic carbocycles. The van der Waals surface area contributed by atoms with Crippen LogP contribution in [0.4, 0.5) is 0 Å². The van der Waals surface area contributed by atoms with E-state index in [1.54, 1.807) is 12.1 Å². The molecule has 0 saturated carbocycles. The quantitative estimate of drug-likeness (QED) is 0.764. The van der Waals surface area contributed by atoms with E-state index in [4.69, 9.17) is 0 Å². The summed E-state index contributed by atoms with van der Waals surface area (Å²) in [5.41, 5.74) is 1.02. The van der Waals surface area contributed by atoms with E-state index >= 15 is 0 Å². The van der Waals surface area contributed by atoms with Gasteiger partial charge in [0.25, 0.3) is 0 Å². The summed E-state index contributed by atoms with van der Waals surface area (Å²) in [6.45, 7) is 1.90. The van der Waals surface area contributed by atoms with Crippen molar-refractivity contribution in [1.29, 1.82) is 0 Å². The van der Waals surface area contributed by atoms with Gasteiger partial charge in [0.05, 0.1) is 0 Å². The minimum absolute atomic E-state index is 0.218. The van der Waals surface area contributed by atoms with Crippen molar-refractivity contribution in [3.05, 3.63) is 29.8 Å². The molecule has 0 aliphatic heterocycles. The molecule has 0 aliphatic rings. The maximum atomic E-state index is 11.1. The molecule has 0 heterocycles. The summed E-state index contributed by atoms with van der Waals surface area (Å²) in [5, 5.41) is 0. The van der Waals surface area contributed by atoms with Gasteiger partial charge in [0.15, 0.2) is 0 Å². The van der Waals surface area contributed by atoms with Crippen molar-refractivity contribution in [2.24, 2.45) is 3.09 Å². The molecule has 67 valence electrons. The van der Waals surface area contributed by atoms with Gasteiger partial charge in [-0.15, -0.1) is 0 Å².